The topological polar surface area (TPSA) is 87.3 Å². The van der Waals surface area contributed by atoms with Gasteiger partial charge in [0.1, 0.15) is 11.3 Å². The molecule has 0 aliphatic heterocycles. The maximum Gasteiger partial charge on any atom is 0.171 e. The number of aromatic amines is 2. The van der Waals surface area contributed by atoms with Gasteiger partial charge in [-0.15, -0.1) is 0 Å². The number of carbonyl (C=O) groups is 1. The summed E-state index contributed by atoms with van der Waals surface area (Å²) in [6.45, 7) is 5.70. The van der Waals surface area contributed by atoms with Gasteiger partial charge in [-0.1, -0.05) is 39.0 Å². The third-order valence-corrected chi connectivity index (χ3v) is 4.24. The first-order chi connectivity index (χ1) is 12.4. The van der Waals surface area contributed by atoms with Gasteiger partial charge in [-0.3, -0.25) is 4.79 Å². The summed E-state index contributed by atoms with van der Waals surface area (Å²) in [7, 11) is 0. The van der Waals surface area contributed by atoms with Gasteiger partial charge in [-0.2, -0.15) is 0 Å². The minimum Gasteiger partial charge on any atom is -0.345 e. The normalized spacial score (nSPS) is 11.8. The molecule has 0 aliphatic rings. The number of carbonyl (C=O) groups excluding carboxylic acids is 1. The van der Waals surface area contributed by atoms with Gasteiger partial charge in [0.2, 0.25) is 0 Å². The van der Waals surface area contributed by atoms with Gasteiger partial charge in [0.15, 0.2) is 11.4 Å². The van der Waals surface area contributed by atoms with Crippen LogP contribution in [0.15, 0.2) is 49.1 Å². The molecule has 0 bridgehead atoms. The number of fused-ring (bicyclic) bond motifs is 1. The second kappa shape index (κ2) is 5.91. The molecule has 130 valence electrons. The molecule has 0 aliphatic carbocycles. The zero-order valence-electron chi connectivity index (χ0n) is 14.9. The van der Waals surface area contributed by atoms with Crippen molar-refractivity contribution in [2.75, 3.05) is 0 Å². The molecule has 0 atom stereocenters. The Morgan fingerprint density at radius 1 is 1.08 bits per heavy atom. The van der Waals surface area contributed by atoms with E-state index in [0.717, 1.165) is 17.0 Å². The predicted octanol–water partition coefficient (Wildman–Crippen LogP) is 4.24. The van der Waals surface area contributed by atoms with E-state index < -0.39 is 5.41 Å². The first kappa shape index (κ1) is 16.2. The Hall–Kier alpha value is -3.28. The Labute approximate surface area is 150 Å². The number of hydrogen-bond acceptors (Lipinski definition) is 4. The number of Topliss-reactive ketones (excluding diaryl/α,β-unsaturated/α-hetero) is 1. The fourth-order valence-electron chi connectivity index (χ4n) is 2.86. The molecule has 3 aromatic heterocycles. The Bertz CT molecular complexity index is 1090. The fraction of sp³-hybridized carbons (Fsp3) is 0.200. The van der Waals surface area contributed by atoms with Crippen molar-refractivity contribution in [1.82, 2.24) is 24.9 Å². The molecule has 4 rings (SSSR count). The van der Waals surface area contributed by atoms with E-state index in [4.69, 9.17) is 4.98 Å². The van der Waals surface area contributed by atoms with Gasteiger partial charge >= 0.3 is 0 Å². The summed E-state index contributed by atoms with van der Waals surface area (Å²) in [6.07, 6.45) is 6.92. The second-order valence-corrected chi connectivity index (χ2v) is 7.25. The van der Waals surface area contributed by atoms with E-state index in [1.54, 1.807) is 24.8 Å². The Morgan fingerprint density at radius 3 is 2.62 bits per heavy atom. The van der Waals surface area contributed by atoms with E-state index >= 15 is 0 Å². The van der Waals surface area contributed by atoms with Crippen LogP contribution in [0.5, 0.6) is 0 Å². The summed E-state index contributed by atoms with van der Waals surface area (Å²) in [4.78, 5) is 32.3. The van der Waals surface area contributed by atoms with E-state index in [9.17, 15) is 4.79 Å². The van der Waals surface area contributed by atoms with E-state index in [1.807, 2.05) is 45.0 Å². The van der Waals surface area contributed by atoms with Crippen molar-refractivity contribution in [2.45, 2.75) is 20.8 Å². The zero-order chi connectivity index (χ0) is 18.3. The zero-order valence-corrected chi connectivity index (χ0v) is 14.9. The van der Waals surface area contributed by atoms with Crippen LogP contribution in [0.3, 0.4) is 0 Å². The quantitative estimate of drug-likeness (QED) is 0.544. The van der Waals surface area contributed by atoms with Crippen LogP contribution in [0.1, 0.15) is 31.1 Å². The van der Waals surface area contributed by atoms with Crippen molar-refractivity contribution in [2.24, 2.45) is 5.41 Å². The van der Waals surface area contributed by atoms with E-state index in [0.29, 0.717) is 22.4 Å². The van der Waals surface area contributed by atoms with Gasteiger partial charge in [-0.25, -0.2) is 15.0 Å². The Balaban J connectivity index is 1.81. The van der Waals surface area contributed by atoms with Crippen molar-refractivity contribution >= 4 is 16.9 Å². The number of benzene rings is 1. The molecule has 4 aromatic rings. The fourth-order valence-corrected chi connectivity index (χ4v) is 2.86. The van der Waals surface area contributed by atoms with Crippen LogP contribution < -0.4 is 0 Å². The summed E-state index contributed by atoms with van der Waals surface area (Å²) in [5, 5.41) is 0. The number of rotatable bonds is 3. The lowest BCUT2D eigenvalue weighted by Gasteiger charge is -2.15. The number of nitrogens with one attached hydrogen (secondary N) is 2. The minimum atomic E-state index is -0.480. The molecule has 0 fully saturated rings. The lowest BCUT2D eigenvalue weighted by Crippen LogP contribution is -2.20. The molecular weight excluding hydrogens is 326 g/mol. The molecule has 26 heavy (non-hydrogen) atoms. The van der Waals surface area contributed by atoms with Crippen LogP contribution in [-0.2, 0) is 0 Å². The van der Waals surface area contributed by atoms with Crippen LogP contribution in [-0.4, -0.2) is 30.7 Å². The molecule has 6 nitrogen and oxygen atoms in total. The number of ketones is 1. The average Bonchev–Trinajstić information content (AvgIpc) is 3.29. The number of imidazole rings is 1. The maximum atomic E-state index is 12.7. The van der Waals surface area contributed by atoms with Gasteiger partial charge in [0.25, 0.3) is 0 Å². The molecule has 0 unspecified atom stereocenters. The van der Waals surface area contributed by atoms with E-state index in [-0.39, 0.29) is 5.78 Å². The monoisotopic (exact) mass is 345 g/mol. The summed E-state index contributed by atoms with van der Waals surface area (Å²) in [6, 6.07) is 7.92. The van der Waals surface area contributed by atoms with Crippen LogP contribution >= 0.6 is 0 Å². The predicted molar refractivity (Wildman–Crippen MR) is 101 cm³/mol. The standard InChI is InChI=1S/C20H19N5O/c1-20(2,3)17(26)14-10-23-19-16(14)25-15(11-24-19)12-5-4-6-13(9-12)18-21-7-8-22-18/h4-11H,1-3H3,(H,21,22)(H,23,24). The minimum absolute atomic E-state index is 0.0412. The first-order valence-corrected chi connectivity index (χ1v) is 8.42. The number of aromatic nitrogens is 5. The second-order valence-electron chi connectivity index (χ2n) is 7.25. The molecule has 3 heterocycles. The number of nitrogens with zero attached hydrogens (tertiary/aromatic N) is 3. The number of hydrogen-bond donors (Lipinski definition) is 2. The van der Waals surface area contributed by atoms with Gasteiger partial charge in [0.05, 0.1) is 17.5 Å². The summed E-state index contributed by atoms with van der Waals surface area (Å²) in [5.74, 6) is 0.839. The molecule has 6 heteroatoms. The summed E-state index contributed by atoms with van der Waals surface area (Å²) in [5.41, 5.74) is 3.91. The van der Waals surface area contributed by atoms with Gasteiger partial charge in [0, 0.05) is 35.1 Å². The molecule has 0 amide bonds. The van der Waals surface area contributed by atoms with Crippen LogP contribution in [0.25, 0.3) is 33.8 Å². The Kier molecular flexibility index (Phi) is 3.68. The molecule has 1 aromatic carbocycles. The summed E-state index contributed by atoms with van der Waals surface area (Å²) >= 11 is 0. The van der Waals surface area contributed by atoms with Crippen molar-refractivity contribution < 1.29 is 4.79 Å². The van der Waals surface area contributed by atoms with Crippen LogP contribution in [0.2, 0.25) is 0 Å². The smallest absolute Gasteiger partial charge is 0.171 e. The largest absolute Gasteiger partial charge is 0.345 e. The highest BCUT2D eigenvalue weighted by atomic mass is 16.1. The molecule has 0 spiro atoms. The highest BCUT2D eigenvalue weighted by molar-refractivity contribution is 6.08. The van der Waals surface area contributed by atoms with Crippen molar-refractivity contribution in [3.05, 3.63) is 54.6 Å². The van der Waals surface area contributed by atoms with Crippen LogP contribution in [0.4, 0.5) is 0 Å². The van der Waals surface area contributed by atoms with E-state index in [2.05, 4.69) is 19.9 Å². The molecule has 0 saturated carbocycles. The van der Waals surface area contributed by atoms with Crippen LogP contribution in [0, 0.1) is 5.41 Å². The van der Waals surface area contributed by atoms with E-state index in [1.165, 1.54) is 0 Å². The lowest BCUT2D eigenvalue weighted by atomic mass is 9.87. The van der Waals surface area contributed by atoms with Crippen molar-refractivity contribution in [1.29, 1.82) is 0 Å². The SMILES string of the molecule is CC(C)(C)C(=O)c1c[nH]c2ncc(-c3cccc(-c4ncc[nH]4)c3)nc12. The number of H-pyrrole nitrogens is 2. The van der Waals surface area contributed by atoms with Crippen molar-refractivity contribution in [3.63, 3.8) is 0 Å². The summed E-state index contributed by atoms with van der Waals surface area (Å²) < 4.78 is 0. The molecule has 0 radical (unpaired) electrons. The van der Waals surface area contributed by atoms with Crippen molar-refractivity contribution in [3.8, 4) is 22.6 Å². The highest BCUT2D eigenvalue weighted by Crippen LogP contribution is 2.28. The third kappa shape index (κ3) is 2.79. The average molecular weight is 345 g/mol. The molecule has 2 N–H and O–H groups in total. The van der Waals surface area contributed by atoms with Gasteiger partial charge < -0.3 is 9.97 Å². The first-order valence-electron chi connectivity index (χ1n) is 8.42. The highest BCUT2D eigenvalue weighted by Gasteiger charge is 2.26. The maximum absolute atomic E-state index is 12.7. The Morgan fingerprint density at radius 2 is 1.88 bits per heavy atom. The molecule has 0 saturated heterocycles. The third-order valence-electron chi connectivity index (χ3n) is 4.24. The van der Waals surface area contributed by atoms with Gasteiger partial charge in [-0.05, 0) is 6.07 Å². The molecular formula is C20H19N5O. The lowest BCUT2D eigenvalue weighted by molar-refractivity contribution is 0.0860.